The highest BCUT2D eigenvalue weighted by molar-refractivity contribution is 5.37. The van der Waals surface area contributed by atoms with Crippen LogP contribution in [0, 0.1) is 0 Å². The van der Waals surface area contributed by atoms with Crippen molar-refractivity contribution in [2.75, 3.05) is 7.11 Å². The van der Waals surface area contributed by atoms with E-state index < -0.39 is 0 Å². The molecule has 0 atom stereocenters. The monoisotopic (exact) mass is 179 g/mol. The van der Waals surface area contributed by atoms with Crippen molar-refractivity contribution >= 4 is 5.65 Å². The molecule has 0 aliphatic carbocycles. The first-order chi connectivity index (χ1) is 6.40. The average Bonchev–Trinajstić information content (AvgIpc) is 2.63. The minimum Gasteiger partial charge on any atom is -0.466 e. The standard InChI is InChI=1S/C7H7N3O.C2H6/c1-11-7-8-6-4-2-3-5-10(6)9-7;1-2/h2-5H,1H3;1-2H3. The van der Waals surface area contributed by atoms with Gasteiger partial charge in [-0.25, -0.2) is 4.52 Å². The molecule has 70 valence electrons. The fourth-order valence-corrected chi connectivity index (χ4v) is 0.898. The van der Waals surface area contributed by atoms with Gasteiger partial charge >= 0.3 is 6.01 Å². The summed E-state index contributed by atoms with van der Waals surface area (Å²) < 4.78 is 6.52. The zero-order valence-electron chi connectivity index (χ0n) is 8.06. The highest BCUT2D eigenvalue weighted by Crippen LogP contribution is 2.04. The van der Waals surface area contributed by atoms with E-state index in [0.29, 0.717) is 6.01 Å². The van der Waals surface area contributed by atoms with Gasteiger partial charge in [0.05, 0.1) is 7.11 Å². The molecular weight excluding hydrogens is 166 g/mol. The molecule has 0 saturated heterocycles. The van der Waals surface area contributed by atoms with E-state index in [0.717, 1.165) is 5.65 Å². The van der Waals surface area contributed by atoms with Gasteiger partial charge in [0.1, 0.15) is 0 Å². The smallest absolute Gasteiger partial charge is 0.336 e. The van der Waals surface area contributed by atoms with E-state index in [1.807, 2.05) is 38.2 Å². The van der Waals surface area contributed by atoms with Crippen LogP contribution in [0.3, 0.4) is 0 Å². The summed E-state index contributed by atoms with van der Waals surface area (Å²) in [5.74, 6) is 0. The van der Waals surface area contributed by atoms with Crippen LogP contribution in [0.5, 0.6) is 6.01 Å². The summed E-state index contributed by atoms with van der Waals surface area (Å²) >= 11 is 0. The summed E-state index contributed by atoms with van der Waals surface area (Å²) in [7, 11) is 1.55. The molecule has 4 nitrogen and oxygen atoms in total. The van der Waals surface area contributed by atoms with Crippen LogP contribution in [0.1, 0.15) is 13.8 Å². The molecule has 0 unspecified atom stereocenters. The molecular formula is C9H13N3O. The Morgan fingerprint density at radius 1 is 1.31 bits per heavy atom. The Kier molecular flexibility index (Phi) is 3.25. The number of aromatic nitrogens is 3. The molecule has 0 saturated carbocycles. The van der Waals surface area contributed by atoms with Crippen LogP contribution >= 0.6 is 0 Å². The lowest BCUT2D eigenvalue weighted by atomic mass is 10.5. The fraction of sp³-hybridized carbons (Fsp3) is 0.333. The fourth-order valence-electron chi connectivity index (χ4n) is 0.898. The van der Waals surface area contributed by atoms with Crippen molar-refractivity contribution in [2.45, 2.75) is 13.8 Å². The molecule has 2 heterocycles. The second kappa shape index (κ2) is 4.45. The third-order valence-electron chi connectivity index (χ3n) is 1.40. The van der Waals surface area contributed by atoms with Crippen LogP contribution in [-0.2, 0) is 0 Å². The first-order valence-corrected chi connectivity index (χ1v) is 4.25. The molecule has 0 aromatic carbocycles. The predicted octanol–water partition coefficient (Wildman–Crippen LogP) is 1.76. The molecule has 0 fully saturated rings. The zero-order valence-corrected chi connectivity index (χ0v) is 8.06. The van der Waals surface area contributed by atoms with E-state index in [9.17, 15) is 0 Å². The summed E-state index contributed by atoms with van der Waals surface area (Å²) in [6, 6.07) is 6.07. The van der Waals surface area contributed by atoms with Gasteiger partial charge in [-0.2, -0.15) is 4.98 Å². The Hall–Kier alpha value is -1.58. The first kappa shape index (κ1) is 9.51. The third-order valence-corrected chi connectivity index (χ3v) is 1.40. The second-order valence-corrected chi connectivity index (χ2v) is 2.10. The van der Waals surface area contributed by atoms with Crippen molar-refractivity contribution in [3.63, 3.8) is 0 Å². The van der Waals surface area contributed by atoms with E-state index >= 15 is 0 Å². The largest absolute Gasteiger partial charge is 0.466 e. The van der Waals surface area contributed by atoms with E-state index in [-0.39, 0.29) is 0 Å². The van der Waals surface area contributed by atoms with Crippen LogP contribution in [-0.4, -0.2) is 21.7 Å². The Morgan fingerprint density at radius 2 is 2.08 bits per heavy atom. The van der Waals surface area contributed by atoms with Crippen molar-refractivity contribution in [1.29, 1.82) is 0 Å². The van der Waals surface area contributed by atoms with Gasteiger partial charge in [-0.05, 0) is 12.1 Å². The van der Waals surface area contributed by atoms with E-state index in [1.165, 1.54) is 0 Å². The quantitative estimate of drug-likeness (QED) is 0.669. The van der Waals surface area contributed by atoms with E-state index in [1.54, 1.807) is 11.6 Å². The lowest BCUT2D eigenvalue weighted by molar-refractivity contribution is 0.380. The molecule has 13 heavy (non-hydrogen) atoms. The van der Waals surface area contributed by atoms with E-state index in [4.69, 9.17) is 4.74 Å². The highest BCUT2D eigenvalue weighted by Gasteiger charge is 1.99. The summed E-state index contributed by atoms with van der Waals surface area (Å²) in [6.45, 7) is 4.00. The lowest BCUT2D eigenvalue weighted by Crippen LogP contribution is -1.86. The number of hydrogen-bond acceptors (Lipinski definition) is 3. The molecule has 0 spiro atoms. The molecule has 0 N–H and O–H groups in total. The average molecular weight is 179 g/mol. The van der Waals surface area contributed by atoms with Crippen LogP contribution < -0.4 is 4.74 Å². The topological polar surface area (TPSA) is 39.4 Å². The second-order valence-electron chi connectivity index (χ2n) is 2.10. The number of methoxy groups -OCH3 is 1. The van der Waals surface area contributed by atoms with Gasteiger partial charge in [0, 0.05) is 6.20 Å². The maximum atomic E-state index is 4.86. The normalized spacial score (nSPS) is 9.15. The summed E-state index contributed by atoms with van der Waals surface area (Å²) in [4.78, 5) is 4.06. The number of hydrogen-bond donors (Lipinski definition) is 0. The van der Waals surface area contributed by atoms with Gasteiger partial charge in [0.25, 0.3) is 0 Å². The maximum Gasteiger partial charge on any atom is 0.336 e. The van der Waals surface area contributed by atoms with Crippen molar-refractivity contribution in [1.82, 2.24) is 14.6 Å². The Balaban J connectivity index is 0.000000396. The molecule has 0 aliphatic heterocycles. The van der Waals surface area contributed by atoms with Crippen LogP contribution in [0.25, 0.3) is 5.65 Å². The van der Waals surface area contributed by atoms with Crippen LogP contribution in [0.2, 0.25) is 0 Å². The number of fused-ring (bicyclic) bond motifs is 1. The van der Waals surface area contributed by atoms with Crippen molar-refractivity contribution in [3.05, 3.63) is 24.4 Å². The van der Waals surface area contributed by atoms with Crippen molar-refractivity contribution in [3.8, 4) is 6.01 Å². The van der Waals surface area contributed by atoms with Gasteiger partial charge in [0.2, 0.25) is 0 Å². The summed E-state index contributed by atoms with van der Waals surface area (Å²) in [5.41, 5.74) is 0.796. The predicted molar refractivity (Wildman–Crippen MR) is 50.9 cm³/mol. The highest BCUT2D eigenvalue weighted by atomic mass is 16.5. The van der Waals surface area contributed by atoms with Crippen LogP contribution in [0.4, 0.5) is 0 Å². The number of pyridine rings is 1. The maximum absolute atomic E-state index is 4.86. The molecule has 0 aliphatic rings. The van der Waals surface area contributed by atoms with Crippen LogP contribution in [0.15, 0.2) is 24.4 Å². The zero-order chi connectivity index (χ0) is 9.68. The Labute approximate surface area is 77.2 Å². The Morgan fingerprint density at radius 3 is 2.69 bits per heavy atom. The van der Waals surface area contributed by atoms with Crippen molar-refractivity contribution in [2.24, 2.45) is 0 Å². The molecule has 0 radical (unpaired) electrons. The number of nitrogens with zero attached hydrogens (tertiary/aromatic N) is 3. The molecule has 2 aromatic heterocycles. The Bertz CT molecular complexity index is 337. The van der Waals surface area contributed by atoms with Crippen molar-refractivity contribution < 1.29 is 4.74 Å². The van der Waals surface area contributed by atoms with Gasteiger partial charge in [-0.15, -0.1) is 5.10 Å². The van der Waals surface area contributed by atoms with Gasteiger partial charge in [-0.3, -0.25) is 0 Å². The number of ether oxygens (including phenoxy) is 1. The molecule has 2 rings (SSSR count). The van der Waals surface area contributed by atoms with Gasteiger partial charge < -0.3 is 4.74 Å². The van der Waals surface area contributed by atoms with Gasteiger partial charge in [0.15, 0.2) is 5.65 Å². The minimum absolute atomic E-state index is 0.399. The number of rotatable bonds is 1. The minimum atomic E-state index is 0.399. The molecule has 0 bridgehead atoms. The van der Waals surface area contributed by atoms with E-state index in [2.05, 4.69) is 10.1 Å². The molecule has 0 amide bonds. The molecule has 4 heteroatoms. The molecule has 2 aromatic rings. The summed E-state index contributed by atoms with van der Waals surface area (Å²) in [6.07, 6.45) is 1.82. The SMILES string of the molecule is CC.COc1nc2ccccn2n1. The first-order valence-electron chi connectivity index (χ1n) is 4.25. The summed E-state index contributed by atoms with van der Waals surface area (Å²) in [5, 5.41) is 4.01. The van der Waals surface area contributed by atoms with Gasteiger partial charge in [-0.1, -0.05) is 19.9 Å². The third kappa shape index (κ3) is 1.96. The lowest BCUT2D eigenvalue weighted by Gasteiger charge is -1.85.